The first-order valence-electron chi connectivity index (χ1n) is 12.9. The molecule has 1 aromatic heterocycles. The molecule has 0 N–H and O–H groups in total. The molecule has 7 heteroatoms. The molecule has 6 nitrogen and oxygen atoms in total. The van der Waals surface area contributed by atoms with Crippen LogP contribution in [-0.2, 0) is 22.6 Å². The zero-order valence-corrected chi connectivity index (χ0v) is 22.3. The third kappa shape index (κ3) is 6.16. The van der Waals surface area contributed by atoms with Crippen molar-refractivity contribution in [3.63, 3.8) is 0 Å². The summed E-state index contributed by atoms with van der Waals surface area (Å²) in [5, 5.41) is 2.03. The number of carbonyl (C=O) groups is 2. The summed E-state index contributed by atoms with van der Waals surface area (Å²) in [5.41, 5.74) is 2.29. The smallest absolute Gasteiger partial charge is 0.242 e. The molecule has 3 aromatic rings. The lowest BCUT2D eigenvalue weighted by molar-refractivity contribution is -0.142. The fourth-order valence-corrected chi connectivity index (χ4v) is 5.67. The summed E-state index contributed by atoms with van der Waals surface area (Å²) in [6, 6.07) is 20.4. The molecule has 2 aromatic carbocycles. The molecule has 2 aliphatic carbocycles. The molecule has 1 unspecified atom stereocenters. The van der Waals surface area contributed by atoms with Gasteiger partial charge in [0.05, 0.1) is 20.8 Å². The van der Waals surface area contributed by atoms with Crippen molar-refractivity contribution in [2.24, 2.45) is 5.92 Å². The van der Waals surface area contributed by atoms with Crippen LogP contribution in [0.5, 0.6) is 11.5 Å². The molecule has 0 saturated heterocycles. The van der Waals surface area contributed by atoms with E-state index < -0.39 is 0 Å². The molecule has 0 bridgehead atoms. The average Bonchev–Trinajstić information content (AvgIpc) is 3.87. The molecule has 37 heavy (non-hydrogen) atoms. The summed E-state index contributed by atoms with van der Waals surface area (Å²) in [4.78, 5) is 32.0. The van der Waals surface area contributed by atoms with E-state index in [2.05, 4.69) is 18.2 Å². The van der Waals surface area contributed by atoms with E-state index in [4.69, 9.17) is 9.47 Å². The lowest BCUT2D eigenvalue weighted by atomic mass is 10.1. The number of hydrogen-bond acceptors (Lipinski definition) is 5. The molecule has 1 heterocycles. The van der Waals surface area contributed by atoms with Crippen LogP contribution in [0.15, 0.2) is 66.0 Å². The monoisotopic (exact) mass is 518 g/mol. The number of hydrogen-bond donors (Lipinski definition) is 0. The molecule has 0 radical (unpaired) electrons. The van der Waals surface area contributed by atoms with Crippen molar-refractivity contribution in [2.45, 2.75) is 44.2 Å². The Morgan fingerprint density at radius 2 is 1.76 bits per heavy atom. The summed E-state index contributed by atoms with van der Waals surface area (Å²) < 4.78 is 10.8. The van der Waals surface area contributed by atoms with E-state index in [9.17, 15) is 9.59 Å². The van der Waals surface area contributed by atoms with Crippen LogP contribution in [0.25, 0.3) is 0 Å². The molecule has 2 aliphatic rings. The van der Waals surface area contributed by atoms with Crippen LogP contribution < -0.4 is 9.47 Å². The van der Waals surface area contributed by atoms with Gasteiger partial charge in [-0.25, -0.2) is 0 Å². The van der Waals surface area contributed by atoms with Gasteiger partial charge < -0.3 is 19.3 Å². The van der Waals surface area contributed by atoms with Crippen molar-refractivity contribution < 1.29 is 19.1 Å². The summed E-state index contributed by atoms with van der Waals surface area (Å²) >= 11 is 1.65. The predicted molar refractivity (Wildman–Crippen MR) is 145 cm³/mol. The standard InChI is InChI=1S/C30H34N2O4S/c1-35-27-13-10-21(17-28(27)36-2)14-15-31(19-24-9-6-16-37-24)29(33)20-32(23-11-12-23)30(34)26-18-25(26)22-7-4-3-5-8-22/h3-10,13,16-17,23,25-26H,11-12,14-15,18-20H2,1-2H3/t25-,26?/m0/s1. The summed E-state index contributed by atoms with van der Waals surface area (Å²) in [5.74, 6) is 1.78. The lowest BCUT2D eigenvalue weighted by Gasteiger charge is -2.28. The normalized spacial score (nSPS) is 18.2. The SMILES string of the molecule is COc1ccc(CCN(Cc2cccs2)C(=O)CN(C(=O)C2C[C@H]2c2ccccc2)C2CC2)cc1OC. The first kappa shape index (κ1) is 25.3. The molecular formula is C30H34N2O4S. The zero-order chi connectivity index (χ0) is 25.8. The van der Waals surface area contributed by atoms with Crippen molar-refractivity contribution in [1.82, 2.24) is 9.80 Å². The number of amides is 2. The van der Waals surface area contributed by atoms with E-state index in [1.54, 1.807) is 25.6 Å². The lowest BCUT2D eigenvalue weighted by Crippen LogP contribution is -2.45. The van der Waals surface area contributed by atoms with Crippen LogP contribution in [0, 0.1) is 5.92 Å². The van der Waals surface area contributed by atoms with Crippen molar-refractivity contribution in [1.29, 1.82) is 0 Å². The molecular weight excluding hydrogens is 484 g/mol. The predicted octanol–water partition coefficient (Wildman–Crippen LogP) is 5.13. The fourth-order valence-electron chi connectivity index (χ4n) is 4.95. The van der Waals surface area contributed by atoms with Crippen LogP contribution in [0.3, 0.4) is 0 Å². The van der Waals surface area contributed by atoms with Crippen LogP contribution >= 0.6 is 11.3 Å². The van der Waals surface area contributed by atoms with Gasteiger partial charge in [-0.1, -0.05) is 42.5 Å². The largest absolute Gasteiger partial charge is 0.493 e. The topological polar surface area (TPSA) is 59.1 Å². The molecule has 2 atom stereocenters. The Balaban J connectivity index is 1.26. The molecule has 0 aliphatic heterocycles. The quantitative estimate of drug-likeness (QED) is 0.334. The molecule has 0 spiro atoms. The van der Waals surface area contributed by atoms with E-state index in [-0.39, 0.29) is 36.2 Å². The number of benzene rings is 2. The van der Waals surface area contributed by atoms with Crippen molar-refractivity contribution in [2.75, 3.05) is 27.3 Å². The molecule has 2 amide bonds. The van der Waals surface area contributed by atoms with Crippen molar-refractivity contribution in [3.05, 3.63) is 82.0 Å². The average molecular weight is 519 g/mol. The van der Waals surface area contributed by atoms with Crippen LogP contribution in [0.4, 0.5) is 0 Å². The number of nitrogens with zero attached hydrogens (tertiary/aromatic N) is 2. The highest BCUT2D eigenvalue weighted by Crippen LogP contribution is 2.49. The Labute approximate surface area is 222 Å². The Morgan fingerprint density at radius 3 is 2.43 bits per heavy atom. The molecule has 194 valence electrons. The van der Waals surface area contributed by atoms with E-state index in [1.165, 1.54) is 5.56 Å². The van der Waals surface area contributed by atoms with Crippen LogP contribution in [-0.4, -0.2) is 55.0 Å². The Bertz CT molecular complexity index is 1210. The fraction of sp³-hybridized carbons (Fsp3) is 0.400. The number of methoxy groups -OCH3 is 2. The molecule has 5 rings (SSSR count). The van der Waals surface area contributed by atoms with E-state index in [1.807, 2.05) is 57.6 Å². The number of ether oxygens (including phenoxy) is 2. The maximum absolute atomic E-state index is 13.6. The van der Waals surface area contributed by atoms with Crippen molar-refractivity contribution in [3.8, 4) is 11.5 Å². The van der Waals surface area contributed by atoms with Gasteiger partial charge in [0.1, 0.15) is 6.54 Å². The minimum Gasteiger partial charge on any atom is -0.493 e. The van der Waals surface area contributed by atoms with Gasteiger partial charge in [0.2, 0.25) is 11.8 Å². The number of carbonyl (C=O) groups excluding carboxylic acids is 2. The Kier molecular flexibility index (Phi) is 7.79. The first-order valence-corrected chi connectivity index (χ1v) is 13.8. The maximum atomic E-state index is 13.6. The minimum absolute atomic E-state index is 0.00559. The van der Waals surface area contributed by atoms with Crippen molar-refractivity contribution >= 4 is 23.2 Å². The second kappa shape index (κ2) is 11.4. The van der Waals surface area contributed by atoms with Gasteiger partial charge in [-0.2, -0.15) is 0 Å². The third-order valence-corrected chi connectivity index (χ3v) is 8.17. The van der Waals surface area contributed by atoms with Gasteiger partial charge in [0.15, 0.2) is 11.5 Å². The first-order chi connectivity index (χ1) is 18.1. The van der Waals surface area contributed by atoms with E-state index >= 15 is 0 Å². The summed E-state index contributed by atoms with van der Waals surface area (Å²) in [7, 11) is 3.25. The summed E-state index contributed by atoms with van der Waals surface area (Å²) in [6.07, 6.45) is 3.53. The third-order valence-electron chi connectivity index (χ3n) is 7.31. The van der Waals surface area contributed by atoms with Gasteiger partial charge in [0.25, 0.3) is 0 Å². The Morgan fingerprint density at radius 1 is 0.973 bits per heavy atom. The van der Waals surface area contributed by atoms with Crippen LogP contribution in [0.2, 0.25) is 0 Å². The van der Waals surface area contributed by atoms with E-state index in [0.717, 1.165) is 29.7 Å². The zero-order valence-electron chi connectivity index (χ0n) is 21.5. The second-order valence-corrected chi connectivity index (χ2v) is 10.9. The number of thiophene rings is 1. The van der Waals surface area contributed by atoms with Gasteiger partial charge >= 0.3 is 0 Å². The van der Waals surface area contributed by atoms with E-state index in [0.29, 0.717) is 31.0 Å². The highest BCUT2D eigenvalue weighted by molar-refractivity contribution is 7.09. The number of rotatable bonds is 12. The highest BCUT2D eigenvalue weighted by atomic mass is 32.1. The Hall–Kier alpha value is -3.32. The van der Waals surface area contributed by atoms with Gasteiger partial charge in [0, 0.05) is 23.4 Å². The van der Waals surface area contributed by atoms with Gasteiger partial charge in [-0.05, 0) is 66.3 Å². The second-order valence-electron chi connectivity index (χ2n) is 9.89. The van der Waals surface area contributed by atoms with Gasteiger partial charge in [-0.15, -0.1) is 11.3 Å². The minimum atomic E-state index is -0.00619. The maximum Gasteiger partial charge on any atom is 0.242 e. The molecule has 2 fully saturated rings. The highest BCUT2D eigenvalue weighted by Gasteiger charge is 2.48. The van der Waals surface area contributed by atoms with Crippen LogP contribution in [0.1, 0.15) is 41.2 Å². The summed E-state index contributed by atoms with van der Waals surface area (Å²) in [6.45, 7) is 1.26. The van der Waals surface area contributed by atoms with Gasteiger partial charge in [-0.3, -0.25) is 9.59 Å². The molecule has 2 saturated carbocycles.